The molecule has 0 aliphatic carbocycles. The zero-order chi connectivity index (χ0) is 20.1. The highest BCUT2D eigenvalue weighted by molar-refractivity contribution is 7.99. The zero-order valence-electron chi connectivity index (χ0n) is 17.1. The SMILES string of the molecule is CN1CCN(CCCNCCC(=O)N2c3ccccc3Sc3ccccc32)CC1. The minimum atomic E-state index is 0.150. The molecule has 1 amide bonds. The lowest BCUT2D eigenvalue weighted by atomic mass is 10.2. The standard InChI is InChI=1S/C23H30N4OS/c1-25-15-17-26(18-16-25)14-6-12-24-13-11-23(28)27-19-7-2-4-9-21(19)29-22-10-5-3-8-20(22)27/h2-5,7-10,24H,6,11-18H2,1H3. The van der Waals surface area contributed by atoms with Crippen molar-refractivity contribution in [3.63, 3.8) is 0 Å². The van der Waals surface area contributed by atoms with Crippen molar-refractivity contribution in [1.29, 1.82) is 0 Å². The van der Waals surface area contributed by atoms with E-state index in [0.717, 1.165) is 47.2 Å². The maximum atomic E-state index is 13.1. The molecular weight excluding hydrogens is 380 g/mol. The molecular formula is C23H30N4OS. The van der Waals surface area contributed by atoms with Crippen molar-refractivity contribution < 1.29 is 4.79 Å². The van der Waals surface area contributed by atoms with Gasteiger partial charge >= 0.3 is 0 Å². The fourth-order valence-electron chi connectivity index (χ4n) is 3.90. The number of benzene rings is 2. The van der Waals surface area contributed by atoms with Gasteiger partial charge in [-0.25, -0.2) is 0 Å². The second-order valence-corrected chi connectivity index (χ2v) is 8.85. The fourth-order valence-corrected chi connectivity index (χ4v) is 4.96. The van der Waals surface area contributed by atoms with Gasteiger partial charge < -0.3 is 15.1 Å². The van der Waals surface area contributed by atoms with E-state index in [2.05, 4.69) is 34.3 Å². The third kappa shape index (κ3) is 5.01. The average Bonchev–Trinajstić information content (AvgIpc) is 2.75. The number of hydrogen-bond donors (Lipinski definition) is 1. The summed E-state index contributed by atoms with van der Waals surface area (Å²) in [5, 5.41) is 3.46. The van der Waals surface area contributed by atoms with Crippen LogP contribution in [0.25, 0.3) is 0 Å². The topological polar surface area (TPSA) is 38.8 Å². The van der Waals surface area contributed by atoms with Crippen LogP contribution < -0.4 is 10.2 Å². The zero-order valence-corrected chi connectivity index (χ0v) is 18.0. The van der Waals surface area contributed by atoms with E-state index >= 15 is 0 Å². The van der Waals surface area contributed by atoms with Gasteiger partial charge in [-0.3, -0.25) is 9.69 Å². The number of fused-ring (bicyclic) bond motifs is 2. The summed E-state index contributed by atoms with van der Waals surface area (Å²) in [4.78, 5) is 22.2. The molecule has 0 aromatic heterocycles. The second kappa shape index (κ2) is 9.76. The number of hydrogen-bond acceptors (Lipinski definition) is 5. The molecule has 5 nitrogen and oxygen atoms in total. The van der Waals surface area contributed by atoms with Crippen LogP contribution >= 0.6 is 11.8 Å². The lowest BCUT2D eigenvalue weighted by molar-refractivity contribution is -0.117. The predicted octanol–water partition coefficient (Wildman–Crippen LogP) is 3.43. The number of anilines is 2. The molecule has 2 aromatic carbocycles. The van der Waals surface area contributed by atoms with Crippen molar-refractivity contribution in [2.24, 2.45) is 0 Å². The number of amides is 1. The molecule has 2 aliphatic heterocycles. The van der Waals surface area contributed by atoms with Gasteiger partial charge in [-0.1, -0.05) is 36.0 Å². The molecule has 2 heterocycles. The Balaban J connectivity index is 1.27. The Hall–Kier alpha value is -1.86. The lowest BCUT2D eigenvalue weighted by Gasteiger charge is -2.32. The average molecular weight is 411 g/mol. The van der Waals surface area contributed by atoms with Crippen LogP contribution in [-0.4, -0.2) is 68.6 Å². The summed E-state index contributed by atoms with van der Waals surface area (Å²) in [6, 6.07) is 16.3. The van der Waals surface area contributed by atoms with Crippen LogP contribution in [0.2, 0.25) is 0 Å². The van der Waals surface area contributed by atoms with Crippen LogP contribution in [0.3, 0.4) is 0 Å². The van der Waals surface area contributed by atoms with Crippen molar-refractivity contribution in [3.05, 3.63) is 48.5 Å². The maximum absolute atomic E-state index is 13.1. The number of likely N-dealkylation sites (N-methyl/N-ethyl adjacent to an activating group) is 1. The van der Waals surface area contributed by atoms with Crippen LogP contribution in [-0.2, 0) is 4.79 Å². The predicted molar refractivity (Wildman–Crippen MR) is 120 cm³/mol. The van der Waals surface area contributed by atoms with Gasteiger partial charge in [0, 0.05) is 48.9 Å². The van der Waals surface area contributed by atoms with E-state index in [1.54, 1.807) is 11.8 Å². The van der Waals surface area contributed by atoms with Gasteiger partial charge in [-0.15, -0.1) is 0 Å². The summed E-state index contributed by atoms with van der Waals surface area (Å²) in [6.45, 7) is 7.48. The smallest absolute Gasteiger partial charge is 0.232 e. The molecule has 0 atom stereocenters. The van der Waals surface area contributed by atoms with Gasteiger partial charge in [-0.05, 0) is 50.8 Å². The molecule has 2 aliphatic rings. The van der Waals surface area contributed by atoms with E-state index in [4.69, 9.17) is 0 Å². The summed E-state index contributed by atoms with van der Waals surface area (Å²) in [7, 11) is 2.19. The van der Waals surface area contributed by atoms with Gasteiger partial charge in [0.15, 0.2) is 0 Å². The van der Waals surface area contributed by atoms with Crippen molar-refractivity contribution in [2.75, 3.05) is 57.8 Å². The van der Waals surface area contributed by atoms with Crippen LogP contribution in [0.1, 0.15) is 12.8 Å². The summed E-state index contributed by atoms with van der Waals surface area (Å²) in [5.41, 5.74) is 1.99. The van der Waals surface area contributed by atoms with Crippen molar-refractivity contribution >= 4 is 29.0 Å². The molecule has 0 spiro atoms. The molecule has 2 aromatic rings. The first-order valence-electron chi connectivity index (χ1n) is 10.5. The highest BCUT2D eigenvalue weighted by Crippen LogP contribution is 2.47. The molecule has 0 radical (unpaired) electrons. The fraction of sp³-hybridized carbons (Fsp3) is 0.435. The number of carbonyl (C=O) groups is 1. The monoisotopic (exact) mass is 410 g/mol. The number of nitrogens with zero attached hydrogens (tertiary/aromatic N) is 3. The second-order valence-electron chi connectivity index (χ2n) is 7.77. The number of piperazine rings is 1. The molecule has 154 valence electrons. The van der Waals surface area contributed by atoms with E-state index in [-0.39, 0.29) is 5.91 Å². The molecule has 4 rings (SSSR count). The van der Waals surface area contributed by atoms with Crippen LogP contribution in [0.15, 0.2) is 58.3 Å². The van der Waals surface area contributed by atoms with Gasteiger partial charge in [0.2, 0.25) is 5.91 Å². The summed E-state index contributed by atoms with van der Waals surface area (Å²) >= 11 is 1.74. The Morgan fingerprint density at radius 2 is 1.55 bits per heavy atom. The molecule has 6 heteroatoms. The summed E-state index contributed by atoms with van der Waals surface area (Å²) in [5.74, 6) is 0.150. The summed E-state index contributed by atoms with van der Waals surface area (Å²) < 4.78 is 0. The van der Waals surface area contributed by atoms with E-state index in [1.165, 1.54) is 26.2 Å². The van der Waals surface area contributed by atoms with Crippen LogP contribution in [0.5, 0.6) is 0 Å². The van der Waals surface area contributed by atoms with Crippen LogP contribution in [0, 0.1) is 0 Å². The minimum absolute atomic E-state index is 0.150. The Morgan fingerprint density at radius 1 is 0.931 bits per heavy atom. The Kier molecular flexibility index (Phi) is 6.87. The van der Waals surface area contributed by atoms with Gasteiger partial charge in [-0.2, -0.15) is 0 Å². The molecule has 0 bridgehead atoms. The minimum Gasteiger partial charge on any atom is -0.316 e. The van der Waals surface area contributed by atoms with Crippen molar-refractivity contribution in [3.8, 4) is 0 Å². The number of carbonyl (C=O) groups excluding carboxylic acids is 1. The normalized spacial score (nSPS) is 17.1. The maximum Gasteiger partial charge on any atom is 0.232 e. The number of rotatable bonds is 7. The molecule has 0 unspecified atom stereocenters. The molecule has 29 heavy (non-hydrogen) atoms. The third-order valence-electron chi connectivity index (χ3n) is 5.62. The highest BCUT2D eigenvalue weighted by Gasteiger charge is 2.27. The first kappa shape index (κ1) is 20.4. The van der Waals surface area contributed by atoms with Crippen molar-refractivity contribution in [1.82, 2.24) is 15.1 Å². The Morgan fingerprint density at radius 3 is 2.21 bits per heavy atom. The Labute approximate surface area is 178 Å². The molecule has 1 saturated heterocycles. The van der Waals surface area contributed by atoms with E-state index in [9.17, 15) is 4.79 Å². The number of para-hydroxylation sites is 2. The molecule has 1 fully saturated rings. The van der Waals surface area contributed by atoms with Gasteiger partial charge in [0.25, 0.3) is 0 Å². The third-order valence-corrected chi connectivity index (χ3v) is 6.75. The quantitative estimate of drug-likeness (QED) is 0.708. The first-order valence-corrected chi connectivity index (χ1v) is 11.3. The molecule has 0 saturated carbocycles. The highest BCUT2D eigenvalue weighted by atomic mass is 32.2. The lowest BCUT2D eigenvalue weighted by Crippen LogP contribution is -2.45. The van der Waals surface area contributed by atoms with Crippen molar-refractivity contribution in [2.45, 2.75) is 22.6 Å². The van der Waals surface area contributed by atoms with Gasteiger partial charge in [0.1, 0.15) is 0 Å². The van der Waals surface area contributed by atoms with Crippen LogP contribution in [0.4, 0.5) is 11.4 Å². The van der Waals surface area contributed by atoms with E-state index < -0.39 is 0 Å². The van der Waals surface area contributed by atoms with E-state index in [1.807, 2.05) is 41.3 Å². The summed E-state index contributed by atoms with van der Waals surface area (Å²) in [6.07, 6.45) is 1.63. The number of nitrogens with one attached hydrogen (secondary N) is 1. The Bertz CT molecular complexity index is 790. The van der Waals surface area contributed by atoms with E-state index in [0.29, 0.717) is 6.42 Å². The van der Waals surface area contributed by atoms with Gasteiger partial charge in [0.05, 0.1) is 11.4 Å². The first-order chi connectivity index (χ1) is 14.2. The largest absolute Gasteiger partial charge is 0.316 e. The molecule has 1 N–H and O–H groups in total.